The molecule has 3 heteroatoms. The van der Waals surface area contributed by atoms with Crippen LogP contribution in [0.4, 0.5) is 0 Å². The Morgan fingerprint density at radius 3 is 2.76 bits per heavy atom. The number of hydrogen-bond donors (Lipinski definition) is 0. The van der Waals surface area contributed by atoms with E-state index in [9.17, 15) is 0 Å². The Kier molecular flexibility index (Phi) is 4.83. The van der Waals surface area contributed by atoms with Gasteiger partial charge in [-0.25, -0.2) is 0 Å². The minimum Gasteiger partial charge on any atom is -0.379 e. The maximum atomic E-state index is 5.81. The summed E-state index contributed by atoms with van der Waals surface area (Å²) >= 11 is 0. The van der Waals surface area contributed by atoms with Crippen LogP contribution in [0.1, 0.15) is 39.5 Å². The second-order valence-electron chi connectivity index (χ2n) is 5.96. The van der Waals surface area contributed by atoms with E-state index in [0.29, 0.717) is 11.5 Å². The Balaban J connectivity index is 1.80. The fourth-order valence-electron chi connectivity index (χ4n) is 3.12. The Hall–Kier alpha value is -0.120. The summed E-state index contributed by atoms with van der Waals surface area (Å²) in [6.07, 6.45) is 5.83. The quantitative estimate of drug-likeness (QED) is 0.754. The largest absolute Gasteiger partial charge is 0.379 e. The van der Waals surface area contributed by atoms with E-state index < -0.39 is 0 Å². The van der Waals surface area contributed by atoms with Gasteiger partial charge < -0.3 is 9.47 Å². The molecule has 0 amide bonds. The van der Waals surface area contributed by atoms with Gasteiger partial charge in [0.15, 0.2) is 0 Å². The molecule has 0 unspecified atom stereocenters. The van der Waals surface area contributed by atoms with Gasteiger partial charge in [0.05, 0.1) is 25.9 Å². The van der Waals surface area contributed by atoms with Crippen molar-refractivity contribution in [2.24, 2.45) is 5.41 Å². The molecule has 0 bridgehead atoms. The van der Waals surface area contributed by atoms with Crippen LogP contribution in [-0.4, -0.2) is 50.5 Å². The van der Waals surface area contributed by atoms with Crippen molar-refractivity contribution in [2.75, 3.05) is 39.5 Å². The van der Waals surface area contributed by atoms with E-state index in [1.54, 1.807) is 0 Å². The topological polar surface area (TPSA) is 21.7 Å². The fourth-order valence-corrected chi connectivity index (χ4v) is 3.12. The highest BCUT2D eigenvalue weighted by Crippen LogP contribution is 2.39. The predicted molar refractivity (Wildman–Crippen MR) is 69.2 cm³/mol. The van der Waals surface area contributed by atoms with E-state index in [4.69, 9.17) is 9.47 Å². The molecule has 3 nitrogen and oxygen atoms in total. The lowest BCUT2D eigenvalue weighted by molar-refractivity contribution is 0.0503. The molecular weight excluding hydrogens is 214 g/mol. The number of nitrogens with zero attached hydrogens (tertiary/aromatic N) is 1. The van der Waals surface area contributed by atoms with E-state index in [2.05, 4.69) is 18.7 Å². The van der Waals surface area contributed by atoms with Crippen LogP contribution in [0.5, 0.6) is 0 Å². The van der Waals surface area contributed by atoms with Crippen LogP contribution in [0.15, 0.2) is 0 Å². The van der Waals surface area contributed by atoms with E-state index in [0.717, 1.165) is 32.9 Å². The van der Waals surface area contributed by atoms with Gasteiger partial charge in [0, 0.05) is 25.0 Å². The van der Waals surface area contributed by atoms with Crippen LogP contribution in [0.2, 0.25) is 0 Å². The Morgan fingerprint density at radius 2 is 2.06 bits per heavy atom. The van der Waals surface area contributed by atoms with Gasteiger partial charge in [0.2, 0.25) is 0 Å². The van der Waals surface area contributed by atoms with E-state index in [-0.39, 0.29) is 0 Å². The fraction of sp³-hybridized carbons (Fsp3) is 1.00. The van der Waals surface area contributed by atoms with Gasteiger partial charge in [-0.1, -0.05) is 12.8 Å². The molecular formula is C14H27NO2. The summed E-state index contributed by atoms with van der Waals surface area (Å²) in [7, 11) is 0. The predicted octanol–water partition coefficient (Wildman–Crippen LogP) is 2.30. The average molecular weight is 241 g/mol. The summed E-state index contributed by atoms with van der Waals surface area (Å²) in [5.41, 5.74) is 0.467. The molecule has 1 heterocycles. The standard InChI is InChI=1S/C14H27NO2/c1-13(2)17-10-8-15-7-9-16-12-14(11-15)5-3-4-6-14/h13H,3-12H2,1-2H3. The van der Waals surface area contributed by atoms with Crippen LogP contribution in [-0.2, 0) is 9.47 Å². The molecule has 2 fully saturated rings. The highest BCUT2D eigenvalue weighted by molar-refractivity contribution is 4.89. The molecule has 0 aromatic heterocycles. The monoisotopic (exact) mass is 241 g/mol. The van der Waals surface area contributed by atoms with Crippen LogP contribution in [0, 0.1) is 5.41 Å². The molecule has 1 spiro atoms. The van der Waals surface area contributed by atoms with Crippen molar-refractivity contribution in [1.82, 2.24) is 4.90 Å². The lowest BCUT2D eigenvalue weighted by Crippen LogP contribution is -2.38. The van der Waals surface area contributed by atoms with Crippen molar-refractivity contribution in [1.29, 1.82) is 0 Å². The first kappa shape index (κ1) is 13.3. The molecule has 0 aromatic rings. The molecule has 17 heavy (non-hydrogen) atoms. The van der Waals surface area contributed by atoms with Crippen LogP contribution in [0.25, 0.3) is 0 Å². The molecule has 1 saturated heterocycles. The molecule has 100 valence electrons. The number of ether oxygens (including phenoxy) is 2. The smallest absolute Gasteiger partial charge is 0.0596 e. The summed E-state index contributed by atoms with van der Waals surface area (Å²) < 4.78 is 11.5. The maximum Gasteiger partial charge on any atom is 0.0596 e. The first-order valence-electron chi connectivity index (χ1n) is 7.12. The Bertz CT molecular complexity index is 224. The third kappa shape index (κ3) is 3.94. The summed E-state index contributed by atoms with van der Waals surface area (Å²) in [5.74, 6) is 0. The van der Waals surface area contributed by atoms with Gasteiger partial charge in [0.1, 0.15) is 0 Å². The highest BCUT2D eigenvalue weighted by atomic mass is 16.5. The van der Waals surface area contributed by atoms with Gasteiger partial charge in [0.25, 0.3) is 0 Å². The van der Waals surface area contributed by atoms with Crippen molar-refractivity contribution in [3.63, 3.8) is 0 Å². The van der Waals surface area contributed by atoms with E-state index in [1.165, 1.54) is 32.2 Å². The lowest BCUT2D eigenvalue weighted by Gasteiger charge is -2.31. The first-order chi connectivity index (χ1) is 8.20. The highest BCUT2D eigenvalue weighted by Gasteiger charge is 2.37. The van der Waals surface area contributed by atoms with Gasteiger partial charge in [-0.05, 0) is 26.7 Å². The second-order valence-corrected chi connectivity index (χ2v) is 5.96. The van der Waals surface area contributed by atoms with Crippen molar-refractivity contribution in [3.8, 4) is 0 Å². The first-order valence-corrected chi connectivity index (χ1v) is 7.12. The zero-order valence-corrected chi connectivity index (χ0v) is 11.4. The summed E-state index contributed by atoms with van der Waals surface area (Å²) in [4.78, 5) is 2.54. The maximum absolute atomic E-state index is 5.81. The average Bonchev–Trinajstić information content (AvgIpc) is 2.62. The summed E-state index contributed by atoms with van der Waals surface area (Å²) in [5, 5.41) is 0. The zero-order valence-electron chi connectivity index (χ0n) is 11.4. The third-order valence-electron chi connectivity index (χ3n) is 4.04. The normalized spacial score (nSPS) is 25.6. The van der Waals surface area contributed by atoms with Gasteiger partial charge in [-0.2, -0.15) is 0 Å². The zero-order chi connectivity index (χ0) is 12.1. The van der Waals surface area contributed by atoms with Gasteiger partial charge in [-0.15, -0.1) is 0 Å². The minimum atomic E-state index is 0.346. The van der Waals surface area contributed by atoms with Gasteiger partial charge in [-0.3, -0.25) is 4.90 Å². The van der Waals surface area contributed by atoms with E-state index >= 15 is 0 Å². The third-order valence-corrected chi connectivity index (χ3v) is 4.04. The molecule has 0 atom stereocenters. The van der Waals surface area contributed by atoms with Crippen LogP contribution >= 0.6 is 0 Å². The molecule has 0 radical (unpaired) electrons. The lowest BCUT2D eigenvalue weighted by atomic mass is 9.87. The van der Waals surface area contributed by atoms with Crippen molar-refractivity contribution in [2.45, 2.75) is 45.6 Å². The Morgan fingerprint density at radius 1 is 1.29 bits per heavy atom. The molecule has 0 aromatic carbocycles. The summed E-state index contributed by atoms with van der Waals surface area (Å²) in [6, 6.07) is 0. The minimum absolute atomic E-state index is 0.346. The van der Waals surface area contributed by atoms with Crippen molar-refractivity contribution >= 4 is 0 Å². The van der Waals surface area contributed by atoms with Gasteiger partial charge >= 0.3 is 0 Å². The number of rotatable bonds is 4. The Labute approximate surface area is 105 Å². The SMILES string of the molecule is CC(C)OCCN1CCOCC2(CCCC2)C1. The van der Waals surface area contributed by atoms with Crippen LogP contribution < -0.4 is 0 Å². The molecule has 2 rings (SSSR count). The second kappa shape index (κ2) is 6.17. The van der Waals surface area contributed by atoms with Crippen LogP contribution in [0.3, 0.4) is 0 Å². The molecule has 0 N–H and O–H groups in total. The van der Waals surface area contributed by atoms with Crippen molar-refractivity contribution in [3.05, 3.63) is 0 Å². The molecule has 2 aliphatic rings. The van der Waals surface area contributed by atoms with E-state index in [1.807, 2.05) is 0 Å². The summed E-state index contributed by atoms with van der Waals surface area (Å²) in [6.45, 7) is 10.3. The number of hydrogen-bond acceptors (Lipinski definition) is 3. The molecule has 1 aliphatic carbocycles. The van der Waals surface area contributed by atoms with Crippen molar-refractivity contribution < 1.29 is 9.47 Å². The molecule has 1 saturated carbocycles. The molecule has 1 aliphatic heterocycles.